The van der Waals surface area contributed by atoms with Crippen molar-refractivity contribution in [3.05, 3.63) is 0 Å². The maximum Gasteiger partial charge on any atom is 0.410 e. The van der Waals surface area contributed by atoms with Crippen molar-refractivity contribution in [1.29, 1.82) is 0 Å². The van der Waals surface area contributed by atoms with Crippen LogP contribution in [0.4, 0.5) is 9.59 Å². The molecule has 2 atom stereocenters. The molecule has 8 heteroatoms. The van der Waals surface area contributed by atoms with E-state index in [1.54, 1.807) is 32.6 Å². The first-order chi connectivity index (χ1) is 12.2. The standard InChI is InChI=1S/C19H32N2O6/c1-12-13(20-15(23)26-17(2,3)4)19(14(22)25-12)8-10-21(11-9-19)16(24)27-18(5,6)7/h12-13H,8-11H2,1-7H3,(H,20,23). The second-order valence-corrected chi connectivity index (χ2v) is 9.36. The van der Waals surface area contributed by atoms with Crippen molar-refractivity contribution in [3.63, 3.8) is 0 Å². The van der Waals surface area contributed by atoms with Crippen LogP contribution in [-0.4, -0.2) is 59.5 Å². The van der Waals surface area contributed by atoms with Crippen molar-refractivity contribution in [1.82, 2.24) is 10.2 Å². The van der Waals surface area contributed by atoms with Gasteiger partial charge in [-0.15, -0.1) is 0 Å². The molecule has 2 aliphatic rings. The monoisotopic (exact) mass is 384 g/mol. The van der Waals surface area contributed by atoms with Gasteiger partial charge in [0.2, 0.25) is 0 Å². The Labute approximate surface area is 160 Å². The highest BCUT2D eigenvalue weighted by Gasteiger charge is 2.58. The number of rotatable bonds is 1. The van der Waals surface area contributed by atoms with Crippen LogP contribution in [0, 0.1) is 5.41 Å². The normalized spacial score (nSPS) is 25.1. The number of ether oxygens (including phenoxy) is 3. The van der Waals surface area contributed by atoms with E-state index >= 15 is 0 Å². The number of hydrogen-bond donors (Lipinski definition) is 1. The van der Waals surface area contributed by atoms with Gasteiger partial charge in [0, 0.05) is 13.1 Å². The first-order valence-electron chi connectivity index (χ1n) is 9.42. The molecular formula is C19H32N2O6. The third-order valence-electron chi connectivity index (χ3n) is 4.74. The molecule has 1 N–H and O–H groups in total. The summed E-state index contributed by atoms with van der Waals surface area (Å²) in [6.07, 6.45) is -0.635. The molecule has 2 unspecified atom stereocenters. The quantitative estimate of drug-likeness (QED) is 0.552. The number of cyclic esters (lactones) is 1. The number of likely N-dealkylation sites (tertiary alicyclic amines) is 1. The van der Waals surface area contributed by atoms with Crippen LogP contribution in [0.5, 0.6) is 0 Å². The number of carbonyl (C=O) groups excluding carboxylic acids is 3. The number of alkyl carbamates (subject to hydrolysis) is 1. The molecule has 2 heterocycles. The molecule has 27 heavy (non-hydrogen) atoms. The summed E-state index contributed by atoms with van der Waals surface area (Å²) in [5.74, 6) is -0.333. The Hall–Kier alpha value is -1.99. The Morgan fingerprint density at radius 2 is 1.59 bits per heavy atom. The minimum atomic E-state index is -0.852. The van der Waals surface area contributed by atoms with E-state index in [0.29, 0.717) is 25.9 Å². The number of esters is 1. The van der Waals surface area contributed by atoms with Gasteiger partial charge in [0.1, 0.15) is 17.3 Å². The Morgan fingerprint density at radius 3 is 2.07 bits per heavy atom. The fourth-order valence-corrected chi connectivity index (χ4v) is 3.55. The molecule has 8 nitrogen and oxygen atoms in total. The summed E-state index contributed by atoms with van der Waals surface area (Å²) in [6.45, 7) is 13.3. The molecule has 1 spiro atoms. The zero-order valence-electron chi connectivity index (χ0n) is 17.4. The van der Waals surface area contributed by atoms with E-state index in [-0.39, 0.29) is 5.97 Å². The highest BCUT2D eigenvalue weighted by atomic mass is 16.6. The molecule has 2 aliphatic heterocycles. The van der Waals surface area contributed by atoms with Crippen molar-refractivity contribution in [2.24, 2.45) is 5.41 Å². The third-order valence-corrected chi connectivity index (χ3v) is 4.74. The summed E-state index contributed by atoms with van der Waals surface area (Å²) < 4.78 is 16.2. The Morgan fingerprint density at radius 1 is 1.07 bits per heavy atom. The van der Waals surface area contributed by atoms with Gasteiger partial charge in [-0.05, 0) is 61.3 Å². The van der Waals surface area contributed by atoms with E-state index in [0.717, 1.165) is 0 Å². The van der Waals surface area contributed by atoms with E-state index in [1.165, 1.54) is 0 Å². The molecule has 0 radical (unpaired) electrons. The number of hydrogen-bond acceptors (Lipinski definition) is 6. The van der Waals surface area contributed by atoms with Gasteiger partial charge in [0.05, 0.1) is 11.5 Å². The van der Waals surface area contributed by atoms with Crippen molar-refractivity contribution in [3.8, 4) is 0 Å². The van der Waals surface area contributed by atoms with Crippen LogP contribution < -0.4 is 5.32 Å². The van der Waals surface area contributed by atoms with E-state index in [4.69, 9.17) is 14.2 Å². The van der Waals surface area contributed by atoms with Crippen LogP contribution in [0.2, 0.25) is 0 Å². The lowest BCUT2D eigenvalue weighted by Crippen LogP contribution is -2.56. The number of carbonyl (C=O) groups is 3. The molecular weight excluding hydrogens is 352 g/mol. The van der Waals surface area contributed by atoms with Crippen molar-refractivity contribution >= 4 is 18.2 Å². The van der Waals surface area contributed by atoms with Gasteiger partial charge in [-0.2, -0.15) is 0 Å². The molecule has 0 bridgehead atoms. The van der Waals surface area contributed by atoms with Gasteiger partial charge in [-0.3, -0.25) is 4.79 Å². The van der Waals surface area contributed by atoms with Crippen LogP contribution in [-0.2, 0) is 19.0 Å². The fourth-order valence-electron chi connectivity index (χ4n) is 3.55. The minimum Gasteiger partial charge on any atom is -0.460 e. The zero-order chi connectivity index (χ0) is 20.6. The topological polar surface area (TPSA) is 94.2 Å². The van der Waals surface area contributed by atoms with Crippen LogP contribution >= 0.6 is 0 Å². The molecule has 2 saturated heterocycles. The van der Waals surface area contributed by atoms with Gasteiger partial charge in [0.15, 0.2) is 0 Å². The molecule has 2 rings (SSSR count). The van der Waals surface area contributed by atoms with Crippen LogP contribution in [0.1, 0.15) is 61.3 Å². The molecule has 2 fully saturated rings. The second-order valence-electron chi connectivity index (χ2n) is 9.36. The highest BCUT2D eigenvalue weighted by molar-refractivity contribution is 5.82. The average molecular weight is 384 g/mol. The fraction of sp³-hybridized carbons (Fsp3) is 0.842. The lowest BCUT2D eigenvalue weighted by Gasteiger charge is -2.40. The summed E-state index contributed by atoms with van der Waals surface area (Å²) in [4.78, 5) is 38.7. The molecule has 154 valence electrons. The molecule has 0 aromatic heterocycles. The number of nitrogens with zero attached hydrogens (tertiary/aromatic N) is 1. The smallest absolute Gasteiger partial charge is 0.410 e. The lowest BCUT2D eigenvalue weighted by atomic mass is 9.72. The largest absolute Gasteiger partial charge is 0.460 e. The highest BCUT2D eigenvalue weighted by Crippen LogP contribution is 2.43. The first-order valence-corrected chi connectivity index (χ1v) is 9.42. The number of nitrogens with one attached hydrogen (secondary N) is 1. The molecule has 0 aromatic carbocycles. The number of piperidine rings is 1. The van der Waals surface area contributed by atoms with Crippen LogP contribution in [0.3, 0.4) is 0 Å². The summed E-state index contributed by atoms with van der Waals surface area (Å²) >= 11 is 0. The summed E-state index contributed by atoms with van der Waals surface area (Å²) in [6, 6.07) is -0.499. The molecule has 2 amide bonds. The summed E-state index contributed by atoms with van der Waals surface area (Å²) in [7, 11) is 0. The van der Waals surface area contributed by atoms with Crippen molar-refractivity contribution in [2.45, 2.75) is 84.7 Å². The minimum absolute atomic E-state index is 0.333. The Kier molecular flexibility index (Phi) is 5.69. The van der Waals surface area contributed by atoms with E-state index < -0.39 is 40.9 Å². The maximum absolute atomic E-state index is 12.6. The van der Waals surface area contributed by atoms with Crippen molar-refractivity contribution < 1.29 is 28.6 Å². The average Bonchev–Trinajstić information content (AvgIpc) is 2.69. The second kappa shape index (κ2) is 7.20. The predicted molar refractivity (Wildman–Crippen MR) is 98.2 cm³/mol. The Balaban J connectivity index is 2.07. The predicted octanol–water partition coefficient (Wildman–Crippen LogP) is 2.84. The van der Waals surface area contributed by atoms with Gasteiger partial charge in [-0.1, -0.05) is 0 Å². The van der Waals surface area contributed by atoms with E-state index in [1.807, 2.05) is 20.8 Å². The molecule has 0 saturated carbocycles. The van der Waals surface area contributed by atoms with Gasteiger partial charge in [-0.25, -0.2) is 9.59 Å². The zero-order valence-corrected chi connectivity index (χ0v) is 17.4. The number of amides is 2. The molecule has 0 aliphatic carbocycles. The summed E-state index contributed by atoms with van der Waals surface area (Å²) in [5, 5.41) is 2.82. The lowest BCUT2D eigenvalue weighted by molar-refractivity contribution is -0.150. The van der Waals surface area contributed by atoms with Gasteiger partial charge < -0.3 is 24.4 Å². The Bertz CT molecular complexity index is 596. The van der Waals surface area contributed by atoms with Crippen LogP contribution in [0.15, 0.2) is 0 Å². The van der Waals surface area contributed by atoms with E-state index in [9.17, 15) is 14.4 Å². The van der Waals surface area contributed by atoms with Gasteiger partial charge >= 0.3 is 18.2 Å². The summed E-state index contributed by atoms with van der Waals surface area (Å²) in [5.41, 5.74) is -2.06. The molecule has 0 aromatic rings. The van der Waals surface area contributed by atoms with Crippen LogP contribution in [0.25, 0.3) is 0 Å². The van der Waals surface area contributed by atoms with E-state index in [2.05, 4.69) is 5.32 Å². The maximum atomic E-state index is 12.6. The van der Waals surface area contributed by atoms with Gasteiger partial charge in [0.25, 0.3) is 0 Å². The SMILES string of the molecule is CC1OC(=O)C2(CCN(C(=O)OC(C)(C)C)CC2)C1NC(=O)OC(C)(C)C. The third kappa shape index (κ3) is 5.05. The van der Waals surface area contributed by atoms with Crippen molar-refractivity contribution in [2.75, 3.05) is 13.1 Å². The first kappa shape index (κ1) is 21.3.